The molecule has 3 rings (SSSR count). The van der Waals surface area contributed by atoms with Crippen molar-refractivity contribution in [3.05, 3.63) is 78.5 Å². The Bertz CT molecular complexity index is 845. The number of aromatic nitrogens is 1. The van der Waals surface area contributed by atoms with Crippen LogP contribution >= 0.6 is 0 Å². The van der Waals surface area contributed by atoms with Gasteiger partial charge in [-0.2, -0.15) is 0 Å². The van der Waals surface area contributed by atoms with E-state index in [0.29, 0.717) is 5.56 Å². The Morgan fingerprint density at radius 3 is 2.00 bits per heavy atom. The van der Waals surface area contributed by atoms with Gasteiger partial charge in [-0.05, 0) is 44.5 Å². The highest BCUT2D eigenvalue weighted by Crippen LogP contribution is 2.23. The van der Waals surface area contributed by atoms with E-state index in [-0.39, 0.29) is 5.97 Å². The molecule has 2 aromatic carbocycles. The summed E-state index contributed by atoms with van der Waals surface area (Å²) in [6.07, 6.45) is 1.87. The van der Waals surface area contributed by atoms with Crippen LogP contribution in [0, 0.1) is 0 Å². The van der Waals surface area contributed by atoms with E-state index in [9.17, 15) is 4.79 Å². The zero-order valence-electron chi connectivity index (χ0n) is 14.7. The van der Waals surface area contributed by atoms with Crippen molar-refractivity contribution in [1.82, 2.24) is 4.98 Å². The molecule has 0 aliphatic heterocycles. The highest BCUT2D eigenvalue weighted by atomic mass is 16.6. The molecular formula is C22H21NO2. The lowest BCUT2D eigenvalue weighted by molar-refractivity contribution is 0.00696. The number of ether oxygens (including phenoxy) is 1. The molecule has 1 aromatic heterocycles. The van der Waals surface area contributed by atoms with Gasteiger partial charge in [-0.25, -0.2) is 4.79 Å². The van der Waals surface area contributed by atoms with Gasteiger partial charge in [-0.3, -0.25) is 4.98 Å². The first-order valence-corrected chi connectivity index (χ1v) is 8.28. The second-order valence-corrected chi connectivity index (χ2v) is 6.88. The second-order valence-electron chi connectivity index (χ2n) is 6.88. The van der Waals surface area contributed by atoms with Crippen LogP contribution in [0.25, 0.3) is 22.4 Å². The van der Waals surface area contributed by atoms with E-state index in [1.807, 2.05) is 63.4 Å². The highest BCUT2D eigenvalue weighted by Gasteiger charge is 2.17. The molecule has 0 saturated heterocycles. The van der Waals surface area contributed by atoms with E-state index in [1.54, 1.807) is 12.1 Å². The number of benzene rings is 2. The maximum atomic E-state index is 12.1. The second kappa shape index (κ2) is 6.89. The molecule has 126 valence electrons. The van der Waals surface area contributed by atoms with Gasteiger partial charge in [-0.1, -0.05) is 48.5 Å². The molecule has 0 N–H and O–H groups in total. The SMILES string of the molecule is CC(C)(C)OC(=O)c1ccc(-c2ccc(-c3ccccc3)cn2)cc1. The van der Waals surface area contributed by atoms with Gasteiger partial charge >= 0.3 is 5.97 Å². The predicted octanol–water partition coefficient (Wildman–Crippen LogP) is 5.37. The Kier molecular flexibility index (Phi) is 4.66. The molecule has 0 unspecified atom stereocenters. The number of hydrogen-bond acceptors (Lipinski definition) is 3. The van der Waals surface area contributed by atoms with Crippen molar-refractivity contribution in [3.8, 4) is 22.4 Å². The average Bonchev–Trinajstić information content (AvgIpc) is 2.61. The summed E-state index contributed by atoms with van der Waals surface area (Å²) in [5, 5.41) is 0. The van der Waals surface area contributed by atoms with Crippen LogP contribution in [0.3, 0.4) is 0 Å². The molecule has 0 atom stereocenters. The van der Waals surface area contributed by atoms with Gasteiger partial charge in [0.05, 0.1) is 11.3 Å². The van der Waals surface area contributed by atoms with Crippen LogP contribution in [-0.4, -0.2) is 16.6 Å². The number of pyridine rings is 1. The molecule has 0 radical (unpaired) electrons. The van der Waals surface area contributed by atoms with Gasteiger partial charge in [0.25, 0.3) is 0 Å². The fourth-order valence-electron chi connectivity index (χ4n) is 2.48. The molecule has 25 heavy (non-hydrogen) atoms. The third-order valence-corrected chi connectivity index (χ3v) is 3.69. The minimum absolute atomic E-state index is 0.313. The van der Waals surface area contributed by atoms with Gasteiger partial charge in [0.15, 0.2) is 0 Å². The Morgan fingerprint density at radius 2 is 1.44 bits per heavy atom. The summed E-state index contributed by atoms with van der Waals surface area (Å²) in [7, 11) is 0. The van der Waals surface area contributed by atoms with Crippen LogP contribution in [-0.2, 0) is 4.74 Å². The van der Waals surface area contributed by atoms with Crippen molar-refractivity contribution >= 4 is 5.97 Å². The van der Waals surface area contributed by atoms with E-state index < -0.39 is 5.60 Å². The van der Waals surface area contributed by atoms with E-state index >= 15 is 0 Å². The summed E-state index contributed by atoms with van der Waals surface area (Å²) >= 11 is 0. The first-order chi connectivity index (χ1) is 11.9. The Labute approximate surface area is 148 Å². The number of nitrogens with zero attached hydrogens (tertiary/aromatic N) is 1. The summed E-state index contributed by atoms with van der Waals surface area (Å²) in [6, 6.07) is 21.5. The van der Waals surface area contributed by atoms with E-state index in [4.69, 9.17) is 4.74 Å². The van der Waals surface area contributed by atoms with Crippen molar-refractivity contribution in [1.29, 1.82) is 0 Å². The van der Waals surface area contributed by atoms with Crippen molar-refractivity contribution < 1.29 is 9.53 Å². The number of carbonyl (C=O) groups is 1. The highest BCUT2D eigenvalue weighted by molar-refractivity contribution is 5.90. The van der Waals surface area contributed by atoms with Gasteiger partial charge in [-0.15, -0.1) is 0 Å². The van der Waals surface area contributed by atoms with Gasteiger partial charge < -0.3 is 4.74 Å². The van der Waals surface area contributed by atoms with Crippen molar-refractivity contribution in [2.24, 2.45) is 0 Å². The summed E-state index contributed by atoms with van der Waals surface area (Å²) in [5.74, 6) is -0.313. The molecule has 0 aliphatic rings. The predicted molar refractivity (Wildman–Crippen MR) is 100 cm³/mol. The normalized spacial score (nSPS) is 11.2. The van der Waals surface area contributed by atoms with Crippen molar-refractivity contribution in [2.75, 3.05) is 0 Å². The topological polar surface area (TPSA) is 39.2 Å². The molecule has 3 heteroatoms. The minimum Gasteiger partial charge on any atom is -0.456 e. The Morgan fingerprint density at radius 1 is 0.800 bits per heavy atom. The quantitative estimate of drug-likeness (QED) is 0.606. The molecule has 0 aliphatic carbocycles. The van der Waals surface area contributed by atoms with Crippen LogP contribution < -0.4 is 0 Å². The molecular weight excluding hydrogens is 310 g/mol. The molecule has 3 nitrogen and oxygen atoms in total. The first kappa shape index (κ1) is 16.9. The lowest BCUT2D eigenvalue weighted by Crippen LogP contribution is -2.23. The molecule has 0 amide bonds. The zero-order chi connectivity index (χ0) is 17.9. The summed E-state index contributed by atoms with van der Waals surface area (Å²) in [6.45, 7) is 5.58. The van der Waals surface area contributed by atoms with Gasteiger partial charge in [0, 0.05) is 17.3 Å². The van der Waals surface area contributed by atoms with Gasteiger partial charge in [0.1, 0.15) is 5.60 Å². The molecule has 0 saturated carbocycles. The largest absolute Gasteiger partial charge is 0.456 e. The summed E-state index contributed by atoms with van der Waals surface area (Å²) < 4.78 is 5.38. The standard InChI is InChI=1S/C22H21NO2/c1-22(2,3)25-21(24)18-11-9-17(10-12-18)20-14-13-19(15-23-20)16-7-5-4-6-8-16/h4-15H,1-3H3. The van der Waals surface area contributed by atoms with E-state index in [2.05, 4.69) is 23.2 Å². The van der Waals surface area contributed by atoms with Crippen LogP contribution in [0.15, 0.2) is 72.9 Å². The maximum Gasteiger partial charge on any atom is 0.338 e. The van der Waals surface area contributed by atoms with E-state index in [0.717, 1.165) is 22.4 Å². The number of esters is 1. The molecule has 0 fully saturated rings. The Hall–Kier alpha value is -2.94. The number of carbonyl (C=O) groups excluding carboxylic acids is 1. The fraction of sp³-hybridized carbons (Fsp3) is 0.182. The third kappa shape index (κ3) is 4.32. The van der Waals surface area contributed by atoms with Crippen LogP contribution in [0.1, 0.15) is 31.1 Å². The zero-order valence-corrected chi connectivity index (χ0v) is 14.7. The first-order valence-electron chi connectivity index (χ1n) is 8.28. The molecule has 0 bridgehead atoms. The average molecular weight is 331 g/mol. The number of rotatable bonds is 3. The fourth-order valence-corrected chi connectivity index (χ4v) is 2.48. The minimum atomic E-state index is -0.495. The summed E-state index contributed by atoms with van der Waals surface area (Å²) in [5.41, 5.74) is 4.10. The van der Waals surface area contributed by atoms with Crippen LogP contribution in [0.2, 0.25) is 0 Å². The van der Waals surface area contributed by atoms with E-state index in [1.165, 1.54) is 0 Å². The molecule has 1 heterocycles. The third-order valence-electron chi connectivity index (χ3n) is 3.69. The number of hydrogen-bond donors (Lipinski definition) is 0. The van der Waals surface area contributed by atoms with Crippen molar-refractivity contribution in [3.63, 3.8) is 0 Å². The molecule has 0 spiro atoms. The van der Waals surface area contributed by atoms with Gasteiger partial charge in [0.2, 0.25) is 0 Å². The van der Waals surface area contributed by atoms with Crippen LogP contribution in [0.4, 0.5) is 0 Å². The lowest BCUT2D eigenvalue weighted by Gasteiger charge is -2.19. The lowest BCUT2D eigenvalue weighted by atomic mass is 10.0. The van der Waals surface area contributed by atoms with Crippen molar-refractivity contribution in [2.45, 2.75) is 26.4 Å². The maximum absolute atomic E-state index is 12.1. The Balaban J connectivity index is 1.77. The van der Waals surface area contributed by atoms with Crippen LogP contribution in [0.5, 0.6) is 0 Å². The smallest absolute Gasteiger partial charge is 0.338 e. The summed E-state index contributed by atoms with van der Waals surface area (Å²) in [4.78, 5) is 16.6. The molecule has 3 aromatic rings. The monoisotopic (exact) mass is 331 g/mol.